The van der Waals surface area contributed by atoms with Crippen molar-refractivity contribution in [2.75, 3.05) is 23.7 Å². The molecule has 1 saturated heterocycles. The molecule has 15 nitrogen and oxygen atoms in total. The largest absolute Gasteiger partial charge is 0.385 e. The average Bonchev–Trinajstić information content (AvgIpc) is 3.84. The highest BCUT2D eigenvalue weighted by molar-refractivity contribution is 7.13. The molecule has 284 valence electrons. The van der Waals surface area contributed by atoms with Gasteiger partial charge in [-0.25, -0.2) is 4.39 Å². The van der Waals surface area contributed by atoms with Gasteiger partial charge in [0.2, 0.25) is 17.7 Å². The smallest absolute Gasteiger partial charge is 0.276 e. The standard InChI is InChI=1S/C38H30ClFN8O7S/c39-24-9-6-18(40)14-23(24)31-33-25(43-36(53)32-21-4-1-2-5-28(21)56-46-32)16-27(47(33)17-30(50)44-31)34(51)42-13-3-12-41-19-7-8-20-22(15-19)38(55)48(37(20)54)26-10-11-29(49)45-35(26)52/h1-2,4-9,14-16,26,31,41H,3,10-13,17H2,(H,42,51)(H,43,53)(H,44,50)(H,45,49,52)/t26?,31-/m1/s1. The molecule has 0 spiro atoms. The van der Waals surface area contributed by atoms with E-state index in [1.807, 2.05) is 12.1 Å². The molecule has 18 heteroatoms. The first-order valence-electron chi connectivity index (χ1n) is 17.5. The fourth-order valence-electron chi connectivity index (χ4n) is 7.14. The predicted octanol–water partition coefficient (Wildman–Crippen LogP) is 4.00. The summed E-state index contributed by atoms with van der Waals surface area (Å²) in [5.74, 6) is -4.53. The van der Waals surface area contributed by atoms with Gasteiger partial charge in [-0.2, -0.15) is 4.37 Å². The van der Waals surface area contributed by atoms with Crippen molar-refractivity contribution in [3.05, 3.63) is 111 Å². The Balaban J connectivity index is 0.973. The first kappa shape index (κ1) is 36.5. The second kappa shape index (κ2) is 14.6. The lowest BCUT2D eigenvalue weighted by molar-refractivity contribution is -0.136. The fraction of sp³-hybridized carbons (Fsp3) is 0.211. The molecule has 5 N–H and O–H groups in total. The van der Waals surface area contributed by atoms with Gasteiger partial charge in [0, 0.05) is 41.2 Å². The summed E-state index contributed by atoms with van der Waals surface area (Å²) in [5.41, 5.74) is 1.80. The van der Waals surface area contributed by atoms with E-state index in [0.29, 0.717) is 29.7 Å². The van der Waals surface area contributed by atoms with Crippen molar-refractivity contribution in [2.45, 2.75) is 37.9 Å². The highest BCUT2D eigenvalue weighted by Crippen LogP contribution is 2.38. The third-order valence-corrected chi connectivity index (χ3v) is 10.9. The number of halogens is 2. The van der Waals surface area contributed by atoms with Gasteiger partial charge in [0.15, 0.2) is 0 Å². The van der Waals surface area contributed by atoms with Crippen LogP contribution in [0.2, 0.25) is 5.02 Å². The average molecular weight is 797 g/mol. The van der Waals surface area contributed by atoms with Crippen LogP contribution >= 0.6 is 23.1 Å². The maximum Gasteiger partial charge on any atom is 0.276 e. The van der Waals surface area contributed by atoms with Crippen molar-refractivity contribution in [2.24, 2.45) is 0 Å². The summed E-state index contributed by atoms with van der Waals surface area (Å²) in [6.07, 6.45) is 0.477. The first-order valence-corrected chi connectivity index (χ1v) is 18.6. The second-order valence-electron chi connectivity index (χ2n) is 13.3. The Kier molecular flexibility index (Phi) is 9.55. The molecule has 7 amide bonds. The molecule has 2 atom stereocenters. The monoisotopic (exact) mass is 796 g/mol. The Hall–Kier alpha value is -6.46. The SMILES string of the molecule is O=C1CCC(N2C(=O)c3ccc(NCCCNC(=O)c4cc(NC(=O)c5nsc6ccccc56)c5n4CC(=O)N[C@@H]5c4cc(F)ccc4Cl)cc3C2=O)C(=O)N1. The summed E-state index contributed by atoms with van der Waals surface area (Å²) < 4.78 is 21.1. The summed E-state index contributed by atoms with van der Waals surface area (Å²) in [4.78, 5) is 91.4. The van der Waals surface area contributed by atoms with Crippen molar-refractivity contribution in [1.29, 1.82) is 0 Å². The van der Waals surface area contributed by atoms with Gasteiger partial charge in [0.25, 0.3) is 23.6 Å². The normalized spacial score (nSPS) is 17.7. The highest BCUT2D eigenvalue weighted by atomic mass is 35.5. The zero-order valence-electron chi connectivity index (χ0n) is 29.1. The quantitative estimate of drug-likeness (QED) is 0.102. The maximum absolute atomic E-state index is 14.5. The van der Waals surface area contributed by atoms with Crippen LogP contribution in [0.3, 0.4) is 0 Å². The van der Waals surface area contributed by atoms with E-state index in [9.17, 15) is 38.0 Å². The number of piperidine rings is 1. The number of nitrogens with one attached hydrogen (secondary N) is 5. The number of carbonyl (C=O) groups excluding carboxylic acids is 7. The van der Waals surface area contributed by atoms with Crippen LogP contribution in [-0.2, 0) is 20.9 Å². The van der Waals surface area contributed by atoms with Crippen LogP contribution in [0.1, 0.15) is 78.3 Å². The van der Waals surface area contributed by atoms with Crippen molar-refractivity contribution in [1.82, 2.24) is 29.8 Å². The number of hydrogen-bond acceptors (Lipinski definition) is 10. The molecule has 3 aliphatic heterocycles. The van der Waals surface area contributed by atoms with E-state index >= 15 is 0 Å². The number of imide groups is 2. The molecule has 5 heterocycles. The Morgan fingerprint density at radius 3 is 2.55 bits per heavy atom. The van der Waals surface area contributed by atoms with Gasteiger partial charge in [-0.3, -0.25) is 43.8 Å². The molecule has 5 aromatic rings. The predicted molar refractivity (Wildman–Crippen MR) is 202 cm³/mol. The fourth-order valence-corrected chi connectivity index (χ4v) is 8.14. The molecule has 1 unspecified atom stereocenters. The molecule has 2 aromatic heterocycles. The van der Waals surface area contributed by atoms with Gasteiger partial charge in [-0.05, 0) is 72.9 Å². The minimum Gasteiger partial charge on any atom is -0.385 e. The van der Waals surface area contributed by atoms with E-state index < -0.39 is 59.3 Å². The van der Waals surface area contributed by atoms with Crippen molar-refractivity contribution >= 4 is 85.9 Å². The van der Waals surface area contributed by atoms with E-state index in [2.05, 4.69) is 31.0 Å². The number of rotatable bonds is 10. The summed E-state index contributed by atoms with van der Waals surface area (Å²) in [5, 5.41) is 14.7. The van der Waals surface area contributed by atoms with E-state index in [1.165, 1.54) is 41.0 Å². The summed E-state index contributed by atoms with van der Waals surface area (Å²) >= 11 is 7.64. The number of nitrogens with zero attached hydrogens (tertiary/aromatic N) is 3. The van der Waals surface area contributed by atoms with Crippen LogP contribution in [0, 0.1) is 5.82 Å². The minimum absolute atomic E-state index is 0.0163. The van der Waals surface area contributed by atoms with Gasteiger partial charge >= 0.3 is 0 Å². The molecule has 3 aliphatic rings. The van der Waals surface area contributed by atoms with E-state index in [0.717, 1.165) is 21.1 Å². The van der Waals surface area contributed by atoms with Crippen LogP contribution in [-0.4, -0.2) is 74.3 Å². The van der Waals surface area contributed by atoms with Gasteiger partial charge in [-0.15, -0.1) is 0 Å². The van der Waals surface area contributed by atoms with Gasteiger partial charge in [0.1, 0.15) is 29.8 Å². The van der Waals surface area contributed by atoms with Crippen LogP contribution in [0.5, 0.6) is 0 Å². The lowest BCUT2D eigenvalue weighted by Crippen LogP contribution is -2.54. The zero-order valence-corrected chi connectivity index (χ0v) is 30.7. The lowest BCUT2D eigenvalue weighted by atomic mass is 10.0. The highest BCUT2D eigenvalue weighted by Gasteiger charge is 2.44. The molecule has 56 heavy (non-hydrogen) atoms. The van der Waals surface area contributed by atoms with Crippen molar-refractivity contribution < 1.29 is 38.0 Å². The zero-order chi connectivity index (χ0) is 39.2. The van der Waals surface area contributed by atoms with Crippen LogP contribution in [0.25, 0.3) is 10.1 Å². The minimum atomic E-state index is -1.07. The summed E-state index contributed by atoms with van der Waals surface area (Å²) in [6, 6.07) is 15.0. The molecule has 3 aromatic carbocycles. The maximum atomic E-state index is 14.5. The van der Waals surface area contributed by atoms with E-state index in [4.69, 9.17) is 11.6 Å². The summed E-state index contributed by atoms with van der Waals surface area (Å²) in [7, 11) is 0. The van der Waals surface area contributed by atoms with Gasteiger partial charge < -0.3 is 25.8 Å². The van der Waals surface area contributed by atoms with Crippen LogP contribution in [0.4, 0.5) is 15.8 Å². The van der Waals surface area contributed by atoms with Crippen LogP contribution < -0.4 is 26.6 Å². The number of benzene rings is 3. The Bertz CT molecular complexity index is 2540. The number of hydrogen-bond donors (Lipinski definition) is 5. The molecule has 0 aliphatic carbocycles. The third-order valence-electron chi connectivity index (χ3n) is 9.77. The number of fused-ring (bicyclic) bond motifs is 3. The van der Waals surface area contributed by atoms with E-state index in [1.54, 1.807) is 18.2 Å². The number of anilines is 2. The van der Waals surface area contributed by atoms with Crippen molar-refractivity contribution in [3.63, 3.8) is 0 Å². The van der Waals surface area contributed by atoms with Crippen molar-refractivity contribution in [3.8, 4) is 0 Å². The number of amides is 7. The molecule has 0 bridgehead atoms. The molecule has 0 saturated carbocycles. The molecule has 1 fully saturated rings. The van der Waals surface area contributed by atoms with E-state index in [-0.39, 0.29) is 64.7 Å². The molecule has 0 radical (unpaired) electrons. The first-order chi connectivity index (χ1) is 27.0. The van der Waals surface area contributed by atoms with Gasteiger partial charge in [0.05, 0.1) is 33.2 Å². The topological polar surface area (TPSA) is 201 Å². The Labute approximate surface area is 325 Å². The Morgan fingerprint density at radius 2 is 1.73 bits per heavy atom. The number of aromatic nitrogens is 2. The second-order valence-corrected chi connectivity index (χ2v) is 14.5. The molecule has 8 rings (SSSR count). The molecular formula is C38H30ClFN8O7S. The van der Waals surface area contributed by atoms with Crippen LogP contribution in [0.15, 0.2) is 66.7 Å². The molecular weight excluding hydrogens is 767 g/mol. The third kappa shape index (κ3) is 6.64. The van der Waals surface area contributed by atoms with Gasteiger partial charge in [-0.1, -0.05) is 29.8 Å². The lowest BCUT2D eigenvalue weighted by Gasteiger charge is -2.29. The summed E-state index contributed by atoms with van der Waals surface area (Å²) in [6.45, 7) is 0.255. The number of carbonyl (C=O) groups is 7. The Morgan fingerprint density at radius 1 is 0.929 bits per heavy atom.